The number of alkyl halides is 2. The van der Waals surface area contributed by atoms with Crippen molar-refractivity contribution in [1.29, 1.82) is 0 Å². The summed E-state index contributed by atoms with van der Waals surface area (Å²) in [6.45, 7) is 2.33. The van der Waals surface area contributed by atoms with Crippen molar-refractivity contribution in [2.75, 3.05) is 13.2 Å². The van der Waals surface area contributed by atoms with Crippen molar-refractivity contribution in [3.8, 4) is 5.75 Å². The molecule has 1 aromatic heterocycles. The number of phenols is 1. The third-order valence-corrected chi connectivity index (χ3v) is 7.81. The van der Waals surface area contributed by atoms with E-state index >= 15 is 0 Å². The Balaban J connectivity index is 2.71. The van der Waals surface area contributed by atoms with Gasteiger partial charge in [0.05, 0.1) is 23.5 Å². The number of phenolic OH excluding ortho intramolecular Hbond substituents is 1. The second-order valence-corrected chi connectivity index (χ2v) is 8.68. The molecule has 0 aliphatic rings. The number of aromatic carboxylic acids is 1. The Kier molecular flexibility index (Phi) is 5.90. The molecule has 0 atom stereocenters. The number of hydrogen-bond donors (Lipinski definition) is 2. The van der Waals surface area contributed by atoms with Gasteiger partial charge >= 0.3 is 19.2 Å². The van der Waals surface area contributed by atoms with E-state index in [1.54, 1.807) is 0 Å². The highest BCUT2D eigenvalue weighted by Crippen LogP contribution is 2.69. The predicted octanol–water partition coefficient (Wildman–Crippen LogP) is 5.38. The fourth-order valence-electron chi connectivity index (χ4n) is 2.13. The zero-order valence-electron chi connectivity index (χ0n) is 13.1. The number of benzene rings is 1. The van der Waals surface area contributed by atoms with Crippen LogP contribution in [0.4, 0.5) is 8.78 Å². The van der Waals surface area contributed by atoms with Crippen molar-refractivity contribution in [1.82, 2.24) is 0 Å². The molecule has 0 saturated heterocycles. The van der Waals surface area contributed by atoms with Crippen LogP contribution in [0.25, 0.3) is 10.1 Å². The normalized spacial score (nSPS) is 12.7. The monoisotopic (exact) mass is 458 g/mol. The first kappa shape index (κ1) is 20.3. The number of carboxylic acids is 1. The van der Waals surface area contributed by atoms with E-state index in [1.165, 1.54) is 13.8 Å². The molecule has 0 aliphatic heterocycles. The first-order valence-corrected chi connectivity index (χ1v) is 10.2. The molecule has 2 N–H and O–H groups in total. The average molecular weight is 459 g/mol. The minimum Gasteiger partial charge on any atom is -0.506 e. The van der Waals surface area contributed by atoms with Gasteiger partial charge in [-0.25, -0.2) is 4.79 Å². The number of carbonyl (C=O) groups is 1. The van der Waals surface area contributed by atoms with Crippen LogP contribution in [0.15, 0.2) is 16.6 Å². The summed E-state index contributed by atoms with van der Waals surface area (Å²) in [5.41, 5.74) is -4.26. The molecule has 11 heteroatoms. The number of rotatable bonds is 7. The second kappa shape index (κ2) is 7.28. The molecule has 0 saturated carbocycles. The highest BCUT2D eigenvalue weighted by Gasteiger charge is 2.57. The van der Waals surface area contributed by atoms with Crippen LogP contribution < -0.4 is 0 Å². The van der Waals surface area contributed by atoms with E-state index in [-0.39, 0.29) is 33.3 Å². The Labute approximate surface area is 154 Å². The van der Waals surface area contributed by atoms with Gasteiger partial charge in [0.15, 0.2) is 0 Å². The highest BCUT2D eigenvalue weighted by atomic mass is 79.9. The molecule has 2 rings (SSSR count). The molecule has 2 aromatic rings. The second-order valence-electron chi connectivity index (χ2n) is 4.80. The van der Waals surface area contributed by atoms with Crippen molar-refractivity contribution in [3.05, 3.63) is 27.0 Å². The van der Waals surface area contributed by atoms with Crippen LogP contribution in [-0.2, 0) is 19.3 Å². The first-order chi connectivity index (χ1) is 11.6. The smallest absolute Gasteiger partial charge is 0.405 e. The van der Waals surface area contributed by atoms with Crippen LogP contribution in [0, 0.1) is 0 Å². The van der Waals surface area contributed by atoms with Gasteiger partial charge in [-0.15, -0.1) is 11.3 Å². The molecule has 1 aromatic carbocycles. The lowest BCUT2D eigenvalue weighted by Crippen LogP contribution is -2.17. The number of fused-ring (bicyclic) bond motifs is 1. The van der Waals surface area contributed by atoms with E-state index in [1.807, 2.05) is 0 Å². The van der Waals surface area contributed by atoms with Gasteiger partial charge in [0.2, 0.25) is 0 Å². The number of hydrogen-bond acceptors (Lipinski definition) is 6. The molecular formula is C14H14BrF2O6PS. The quantitative estimate of drug-likeness (QED) is 0.540. The summed E-state index contributed by atoms with van der Waals surface area (Å²) in [5.74, 6) is -1.79. The summed E-state index contributed by atoms with van der Waals surface area (Å²) in [6, 6.07) is 2.10. The van der Waals surface area contributed by atoms with Gasteiger partial charge in [0, 0.05) is 9.86 Å². The zero-order chi connectivity index (χ0) is 19.0. The van der Waals surface area contributed by atoms with Gasteiger partial charge in [-0.05, 0) is 41.9 Å². The SMILES string of the molecule is CCOP(=O)(OCC)C(F)(F)c1sc2c(O)cc(C(=O)O)cc2c1Br. The number of thiophene rings is 1. The molecule has 138 valence electrons. The molecular weight excluding hydrogens is 445 g/mol. The Hall–Kier alpha value is -1.06. The van der Waals surface area contributed by atoms with Crippen LogP contribution in [0.1, 0.15) is 29.1 Å². The van der Waals surface area contributed by atoms with E-state index in [9.17, 15) is 23.2 Å². The van der Waals surface area contributed by atoms with Crippen LogP contribution in [0.5, 0.6) is 5.75 Å². The van der Waals surface area contributed by atoms with Crippen molar-refractivity contribution < 1.29 is 37.4 Å². The summed E-state index contributed by atoms with van der Waals surface area (Å²) >= 11 is 3.48. The number of aromatic hydroxyl groups is 1. The molecule has 0 bridgehead atoms. The molecule has 0 amide bonds. The van der Waals surface area contributed by atoms with Gasteiger partial charge in [0.1, 0.15) is 10.6 Å². The maximum atomic E-state index is 14.9. The van der Waals surface area contributed by atoms with Crippen LogP contribution >= 0.6 is 34.9 Å². The molecule has 0 fully saturated rings. The lowest BCUT2D eigenvalue weighted by Gasteiger charge is -2.25. The van der Waals surface area contributed by atoms with Crippen LogP contribution in [0.2, 0.25) is 0 Å². The Morgan fingerprint density at radius 1 is 1.32 bits per heavy atom. The predicted molar refractivity (Wildman–Crippen MR) is 92.9 cm³/mol. The van der Waals surface area contributed by atoms with Crippen LogP contribution in [0.3, 0.4) is 0 Å². The Morgan fingerprint density at radius 2 is 1.88 bits per heavy atom. The number of halogens is 3. The first-order valence-electron chi connectivity index (χ1n) is 7.04. The van der Waals surface area contributed by atoms with Crippen molar-refractivity contribution in [3.63, 3.8) is 0 Å². The maximum absolute atomic E-state index is 14.9. The minimum atomic E-state index is -4.82. The third-order valence-electron chi connectivity index (χ3n) is 3.17. The molecule has 0 aliphatic carbocycles. The van der Waals surface area contributed by atoms with Gasteiger partial charge < -0.3 is 19.3 Å². The van der Waals surface area contributed by atoms with Gasteiger partial charge in [-0.1, -0.05) is 0 Å². The molecule has 0 unspecified atom stereocenters. The van der Waals surface area contributed by atoms with Crippen LogP contribution in [-0.4, -0.2) is 29.4 Å². The lowest BCUT2D eigenvalue weighted by atomic mass is 10.1. The molecule has 1 heterocycles. The average Bonchev–Trinajstić information content (AvgIpc) is 2.86. The number of carboxylic acid groups (broad SMARTS) is 1. The zero-order valence-corrected chi connectivity index (χ0v) is 16.4. The van der Waals surface area contributed by atoms with E-state index in [2.05, 4.69) is 15.9 Å². The highest BCUT2D eigenvalue weighted by molar-refractivity contribution is 9.10. The van der Waals surface area contributed by atoms with Crippen molar-refractivity contribution >= 4 is 50.9 Å². The van der Waals surface area contributed by atoms with E-state index in [0.717, 1.165) is 12.1 Å². The Morgan fingerprint density at radius 3 is 2.36 bits per heavy atom. The van der Waals surface area contributed by atoms with Gasteiger partial charge in [-0.2, -0.15) is 8.78 Å². The third kappa shape index (κ3) is 3.46. The van der Waals surface area contributed by atoms with Crippen molar-refractivity contribution in [2.24, 2.45) is 0 Å². The summed E-state index contributed by atoms with van der Waals surface area (Å²) in [5, 5.41) is 19.1. The molecule has 25 heavy (non-hydrogen) atoms. The Bertz CT molecular complexity index is 859. The largest absolute Gasteiger partial charge is 0.506 e. The lowest BCUT2D eigenvalue weighted by molar-refractivity contribution is 0.0387. The fraction of sp³-hybridized carbons (Fsp3) is 0.357. The maximum Gasteiger partial charge on any atom is 0.405 e. The summed E-state index contributed by atoms with van der Waals surface area (Å²) in [4.78, 5) is 10.4. The topological polar surface area (TPSA) is 93.1 Å². The summed E-state index contributed by atoms with van der Waals surface area (Å²) in [7, 11) is -4.82. The molecule has 0 spiro atoms. The summed E-state index contributed by atoms with van der Waals surface area (Å²) in [6.07, 6.45) is 0. The fourth-order valence-corrected chi connectivity index (χ4v) is 6.10. The van der Waals surface area contributed by atoms with Crippen molar-refractivity contribution in [2.45, 2.75) is 19.5 Å². The van der Waals surface area contributed by atoms with E-state index in [0.29, 0.717) is 11.3 Å². The molecule has 6 nitrogen and oxygen atoms in total. The molecule has 0 radical (unpaired) electrons. The van der Waals surface area contributed by atoms with E-state index < -0.39 is 29.9 Å². The standard InChI is InChI=1S/C14H14BrF2O6PS/c1-3-22-24(21,23-4-2)14(16,17)12-10(15)8-5-7(13(19)20)6-9(18)11(8)25-12/h5-6,18H,3-4H2,1-2H3,(H,19,20). The van der Waals surface area contributed by atoms with E-state index in [4.69, 9.17) is 14.2 Å². The summed E-state index contributed by atoms with van der Waals surface area (Å²) < 4.78 is 51.8. The van der Waals surface area contributed by atoms with Gasteiger partial charge in [0.25, 0.3) is 0 Å². The minimum absolute atomic E-state index is 0.0334. The van der Waals surface area contributed by atoms with Gasteiger partial charge in [-0.3, -0.25) is 4.57 Å².